The third-order valence-corrected chi connectivity index (χ3v) is 5.16. The molecule has 2 fully saturated rings. The molecule has 2 aromatic rings. The molecule has 3 atom stereocenters. The molecule has 0 unspecified atom stereocenters. The lowest BCUT2D eigenvalue weighted by Crippen LogP contribution is -2.15. The molecular weight excluding hydrogens is 363 g/mol. The molecule has 0 spiro atoms. The van der Waals surface area contributed by atoms with E-state index in [2.05, 4.69) is 42.1 Å². The van der Waals surface area contributed by atoms with Crippen LogP contribution in [0.2, 0.25) is 5.15 Å². The van der Waals surface area contributed by atoms with E-state index in [0.29, 0.717) is 15.0 Å². The van der Waals surface area contributed by atoms with Gasteiger partial charge in [0.2, 0.25) is 0 Å². The molecule has 6 heteroatoms. The fourth-order valence-corrected chi connectivity index (χ4v) is 4.48. The Morgan fingerprint density at radius 1 is 1.28 bits per heavy atom. The maximum atomic E-state index is 6.13. The Morgan fingerprint density at radius 3 is 2.89 bits per heavy atom. The maximum Gasteiger partial charge on any atom is 0.194 e. The first kappa shape index (κ1) is 11.4. The molecule has 2 bridgehead atoms. The Hall–Kier alpha value is -0.430. The highest BCUT2D eigenvalue weighted by Crippen LogP contribution is 2.51. The molecule has 0 N–H and O–H groups in total. The molecule has 18 heavy (non-hydrogen) atoms. The largest absolute Gasteiger partial charge is 0.312 e. The number of halogens is 2. The summed E-state index contributed by atoms with van der Waals surface area (Å²) in [6.07, 6.45) is 7.30. The van der Waals surface area contributed by atoms with Gasteiger partial charge in [0.15, 0.2) is 14.6 Å². The van der Waals surface area contributed by atoms with Gasteiger partial charge in [-0.05, 0) is 31.1 Å². The summed E-state index contributed by atoms with van der Waals surface area (Å²) in [6.45, 7) is 0. The van der Waals surface area contributed by atoms with Crippen molar-refractivity contribution < 1.29 is 0 Å². The predicted molar refractivity (Wildman–Crippen MR) is 77.5 cm³/mol. The highest BCUT2D eigenvalue weighted by atomic mass is 127. The van der Waals surface area contributed by atoms with Crippen molar-refractivity contribution in [2.24, 2.45) is 11.8 Å². The quantitative estimate of drug-likeness (QED) is 0.436. The zero-order valence-electron chi connectivity index (χ0n) is 9.68. The van der Waals surface area contributed by atoms with Gasteiger partial charge in [-0.15, -0.1) is 0 Å². The van der Waals surface area contributed by atoms with Crippen molar-refractivity contribution >= 4 is 45.4 Å². The first-order valence-corrected chi connectivity index (χ1v) is 7.73. The Balaban J connectivity index is 1.86. The number of hydrogen-bond donors (Lipinski definition) is 0. The number of rotatable bonds is 1. The van der Waals surface area contributed by atoms with Crippen LogP contribution in [-0.2, 0) is 0 Å². The number of imidazole rings is 1. The minimum absolute atomic E-state index is 0.464. The molecule has 0 radical (unpaired) electrons. The lowest BCUT2D eigenvalue weighted by atomic mass is 9.95. The third-order valence-electron chi connectivity index (χ3n) is 4.41. The minimum atomic E-state index is 0.464. The first-order chi connectivity index (χ1) is 8.72. The van der Waals surface area contributed by atoms with Crippen molar-refractivity contribution in [3.63, 3.8) is 0 Å². The van der Waals surface area contributed by atoms with Crippen molar-refractivity contribution in [1.82, 2.24) is 19.5 Å². The standard InChI is InChI=1S/C12H12ClIN4/c13-10-9-11(17-12(14)16-10)18(5-15-9)8-4-6-1-2-7(8)3-6/h5-8H,1-4H2/t6-,7+,8+/m0/s1. The molecule has 4 rings (SSSR count). The van der Waals surface area contributed by atoms with Crippen molar-refractivity contribution in [2.75, 3.05) is 0 Å². The van der Waals surface area contributed by atoms with Crippen LogP contribution in [0, 0.1) is 15.7 Å². The molecule has 0 amide bonds. The second-order valence-electron chi connectivity index (χ2n) is 5.35. The summed E-state index contributed by atoms with van der Waals surface area (Å²) in [5, 5.41) is 0.464. The normalized spacial score (nSPS) is 30.4. The van der Waals surface area contributed by atoms with E-state index < -0.39 is 0 Å². The predicted octanol–water partition coefficient (Wildman–Crippen LogP) is 3.45. The smallest absolute Gasteiger partial charge is 0.194 e. The molecule has 2 saturated carbocycles. The average Bonchev–Trinajstić information content (AvgIpc) is 3.00. The summed E-state index contributed by atoms with van der Waals surface area (Å²) in [5.41, 5.74) is 1.64. The third kappa shape index (κ3) is 1.59. The summed E-state index contributed by atoms with van der Waals surface area (Å²) in [4.78, 5) is 13.1. The molecule has 0 saturated heterocycles. The van der Waals surface area contributed by atoms with Crippen LogP contribution >= 0.6 is 34.2 Å². The van der Waals surface area contributed by atoms with Crippen LogP contribution in [-0.4, -0.2) is 19.5 Å². The summed E-state index contributed by atoms with van der Waals surface area (Å²) in [7, 11) is 0. The fraction of sp³-hybridized carbons (Fsp3) is 0.583. The van der Waals surface area contributed by atoms with Crippen LogP contribution in [0.25, 0.3) is 11.2 Å². The molecule has 2 aromatic heterocycles. The number of aromatic nitrogens is 4. The molecule has 94 valence electrons. The molecule has 4 nitrogen and oxygen atoms in total. The molecule has 2 heterocycles. The van der Waals surface area contributed by atoms with Crippen LogP contribution in [0.1, 0.15) is 31.7 Å². The van der Waals surface area contributed by atoms with Crippen LogP contribution in [0.4, 0.5) is 0 Å². The first-order valence-electron chi connectivity index (χ1n) is 6.28. The summed E-state index contributed by atoms with van der Waals surface area (Å²) in [6, 6.07) is 0.565. The molecule has 2 aliphatic rings. The zero-order chi connectivity index (χ0) is 12.3. The summed E-state index contributed by atoms with van der Waals surface area (Å²) < 4.78 is 2.92. The van der Waals surface area contributed by atoms with Gasteiger partial charge in [-0.1, -0.05) is 18.0 Å². The lowest BCUT2D eigenvalue weighted by molar-refractivity contribution is 0.334. The number of hydrogen-bond acceptors (Lipinski definition) is 3. The van der Waals surface area contributed by atoms with E-state index in [0.717, 1.165) is 23.0 Å². The van der Waals surface area contributed by atoms with E-state index in [9.17, 15) is 0 Å². The van der Waals surface area contributed by atoms with Gasteiger partial charge in [0.25, 0.3) is 0 Å². The van der Waals surface area contributed by atoms with E-state index in [1.165, 1.54) is 25.7 Å². The highest BCUT2D eigenvalue weighted by Gasteiger charge is 2.41. The van der Waals surface area contributed by atoms with Crippen LogP contribution in [0.3, 0.4) is 0 Å². The Morgan fingerprint density at radius 2 is 2.17 bits per heavy atom. The van der Waals surface area contributed by atoms with E-state index in [-0.39, 0.29) is 0 Å². The Kier molecular flexibility index (Phi) is 2.55. The van der Waals surface area contributed by atoms with Gasteiger partial charge in [0.05, 0.1) is 6.33 Å². The summed E-state index contributed by atoms with van der Waals surface area (Å²) >= 11 is 8.24. The number of fused-ring (bicyclic) bond motifs is 3. The van der Waals surface area contributed by atoms with Crippen molar-refractivity contribution in [3.8, 4) is 0 Å². The van der Waals surface area contributed by atoms with Crippen LogP contribution in [0.5, 0.6) is 0 Å². The van der Waals surface area contributed by atoms with Gasteiger partial charge in [-0.25, -0.2) is 15.0 Å². The Bertz CT molecular complexity index is 626. The molecule has 2 aliphatic carbocycles. The molecule has 0 aromatic carbocycles. The minimum Gasteiger partial charge on any atom is -0.312 e. The van der Waals surface area contributed by atoms with Crippen molar-refractivity contribution in [3.05, 3.63) is 15.3 Å². The molecular formula is C12H12ClIN4. The van der Waals surface area contributed by atoms with Crippen LogP contribution < -0.4 is 0 Å². The topological polar surface area (TPSA) is 43.6 Å². The SMILES string of the molecule is Clc1nc(I)nc2c1ncn2[C@@H]1C[C@H]2CC[C@@H]1C2. The fourth-order valence-electron chi connectivity index (χ4n) is 3.65. The molecule has 0 aliphatic heterocycles. The van der Waals surface area contributed by atoms with Gasteiger partial charge in [0.1, 0.15) is 5.52 Å². The van der Waals surface area contributed by atoms with Crippen molar-refractivity contribution in [1.29, 1.82) is 0 Å². The zero-order valence-corrected chi connectivity index (χ0v) is 12.6. The number of nitrogens with zero attached hydrogens (tertiary/aromatic N) is 4. The van der Waals surface area contributed by atoms with Gasteiger partial charge < -0.3 is 4.57 Å². The van der Waals surface area contributed by atoms with Crippen LogP contribution in [0.15, 0.2) is 6.33 Å². The Labute approximate surface area is 123 Å². The summed E-state index contributed by atoms with van der Waals surface area (Å²) in [5.74, 6) is 1.72. The second kappa shape index (κ2) is 4.03. The maximum absolute atomic E-state index is 6.13. The van der Waals surface area contributed by atoms with E-state index in [1.807, 2.05) is 6.33 Å². The van der Waals surface area contributed by atoms with Gasteiger partial charge >= 0.3 is 0 Å². The average molecular weight is 375 g/mol. The van der Waals surface area contributed by atoms with Gasteiger partial charge in [-0.2, -0.15) is 0 Å². The van der Waals surface area contributed by atoms with Crippen molar-refractivity contribution in [2.45, 2.75) is 31.7 Å². The van der Waals surface area contributed by atoms with Gasteiger partial charge in [-0.3, -0.25) is 0 Å². The van der Waals surface area contributed by atoms with E-state index in [4.69, 9.17) is 11.6 Å². The second-order valence-corrected chi connectivity index (χ2v) is 6.67. The monoisotopic (exact) mass is 374 g/mol. The highest BCUT2D eigenvalue weighted by molar-refractivity contribution is 14.1. The van der Waals surface area contributed by atoms with E-state index in [1.54, 1.807) is 0 Å². The van der Waals surface area contributed by atoms with E-state index >= 15 is 0 Å². The lowest BCUT2D eigenvalue weighted by Gasteiger charge is -2.23. The van der Waals surface area contributed by atoms with Gasteiger partial charge in [0, 0.05) is 28.6 Å².